The summed E-state index contributed by atoms with van der Waals surface area (Å²) < 4.78 is 5.22. The molecule has 1 saturated carbocycles. The van der Waals surface area contributed by atoms with E-state index in [0.717, 1.165) is 31.2 Å². The van der Waals surface area contributed by atoms with Gasteiger partial charge in [0.15, 0.2) is 0 Å². The number of aliphatic carboxylic acids is 1. The molecule has 33 heavy (non-hydrogen) atoms. The Balaban J connectivity index is 1.69. The number of aryl methyl sites for hydroxylation is 1. The van der Waals surface area contributed by atoms with E-state index in [1.54, 1.807) is 30.9 Å². The van der Waals surface area contributed by atoms with Crippen molar-refractivity contribution in [1.82, 2.24) is 10.2 Å². The number of esters is 1. The fourth-order valence-electron chi connectivity index (χ4n) is 5.16. The summed E-state index contributed by atoms with van der Waals surface area (Å²) >= 11 is 0. The number of amides is 1. The first-order chi connectivity index (χ1) is 15.8. The summed E-state index contributed by atoms with van der Waals surface area (Å²) in [5.74, 6) is -1.44. The van der Waals surface area contributed by atoms with Gasteiger partial charge >= 0.3 is 11.9 Å². The van der Waals surface area contributed by atoms with Crippen molar-refractivity contribution < 1.29 is 24.2 Å². The van der Waals surface area contributed by atoms with Gasteiger partial charge in [-0.05, 0) is 69.6 Å². The van der Waals surface area contributed by atoms with Crippen molar-refractivity contribution in [3.63, 3.8) is 0 Å². The maximum atomic E-state index is 13.4. The van der Waals surface area contributed by atoms with E-state index in [9.17, 15) is 19.5 Å². The molecule has 1 aromatic carbocycles. The summed E-state index contributed by atoms with van der Waals surface area (Å²) in [4.78, 5) is 39.4. The highest BCUT2D eigenvalue weighted by Gasteiger charge is 2.48. The van der Waals surface area contributed by atoms with Crippen LogP contribution in [-0.2, 0) is 25.5 Å². The zero-order valence-electron chi connectivity index (χ0n) is 19.3. The number of hydrogen-bond donors (Lipinski definition) is 2. The highest BCUT2D eigenvalue weighted by Crippen LogP contribution is 2.40. The summed E-state index contributed by atoms with van der Waals surface area (Å²) in [6.45, 7) is 3.65. The average Bonchev–Trinajstić information content (AvgIpc) is 3.21. The average molecular weight is 456 g/mol. The number of benzene rings is 1. The summed E-state index contributed by atoms with van der Waals surface area (Å²) in [7, 11) is 0. The van der Waals surface area contributed by atoms with Crippen LogP contribution in [0.15, 0.2) is 24.3 Å². The van der Waals surface area contributed by atoms with Crippen LogP contribution in [0.2, 0.25) is 0 Å². The third-order valence-electron chi connectivity index (χ3n) is 6.83. The summed E-state index contributed by atoms with van der Waals surface area (Å²) in [6, 6.07) is 6.96. The minimum Gasteiger partial charge on any atom is -0.480 e. The number of rotatable bonds is 9. The van der Waals surface area contributed by atoms with Crippen LogP contribution in [-0.4, -0.2) is 58.6 Å². The molecule has 178 valence electrons. The number of nitriles is 1. The molecule has 0 bridgehead atoms. The van der Waals surface area contributed by atoms with E-state index in [-0.39, 0.29) is 24.5 Å². The number of carboxylic acid groups (broad SMARTS) is 1. The molecule has 0 radical (unpaired) electrons. The number of nitrogens with one attached hydrogen (secondary N) is 1. The normalized spacial score (nSPS) is 23.8. The molecule has 1 heterocycles. The van der Waals surface area contributed by atoms with Gasteiger partial charge in [0.1, 0.15) is 12.1 Å². The lowest BCUT2D eigenvalue weighted by Crippen LogP contribution is -2.55. The largest absolute Gasteiger partial charge is 0.480 e. The number of carbonyl (C=O) groups excluding carboxylic acids is 2. The van der Waals surface area contributed by atoms with Crippen LogP contribution in [0.1, 0.15) is 63.5 Å². The summed E-state index contributed by atoms with van der Waals surface area (Å²) in [5.41, 5.74) is 1.54. The molecule has 2 fully saturated rings. The van der Waals surface area contributed by atoms with E-state index < -0.39 is 30.1 Å². The quantitative estimate of drug-likeness (QED) is 0.549. The van der Waals surface area contributed by atoms with Crippen LogP contribution in [0.25, 0.3) is 0 Å². The van der Waals surface area contributed by atoms with Crippen LogP contribution in [0.4, 0.5) is 0 Å². The van der Waals surface area contributed by atoms with E-state index in [2.05, 4.69) is 11.4 Å². The Morgan fingerprint density at radius 1 is 1.24 bits per heavy atom. The summed E-state index contributed by atoms with van der Waals surface area (Å²) in [5, 5.41) is 21.8. The lowest BCUT2D eigenvalue weighted by molar-refractivity contribution is -0.152. The van der Waals surface area contributed by atoms with Crippen LogP contribution in [0.5, 0.6) is 0 Å². The standard InChI is InChI=1S/C25H33N3O5/c1-3-33-25(32)20(13-12-17-8-10-18(15-26)11-9-17)27-16(2)23(29)28-21-7-5-4-6-19(21)14-22(28)24(30)31/h8-11,16,19-22,27H,3-7,12-14H2,1-2H3,(H,30,31)/t16-,19?,20-,21?,22-/m0/s1. The smallest absolute Gasteiger partial charge is 0.326 e. The molecule has 1 aromatic rings. The van der Waals surface area contributed by atoms with E-state index >= 15 is 0 Å². The van der Waals surface area contributed by atoms with E-state index in [4.69, 9.17) is 10.00 Å². The number of nitrogens with zero attached hydrogens (tertiary/aromatic N) is 2. The second-order valence-electron chi connectivity index (χ2n) is 8.99. The molecule has 1 saturated heterocycles. The minimum atomic E-state index is -0.965. The molecular formula is C25H33N3O5. The molecule has 2 aliphatic rings. The Bertz CT molecular complexity index is 894. The van der Waals surface area contributed by atoms with Crippen LogP contribution >= 0.6 is 0 Å². The van der Waals surface area contributed by atoms with Crippen molar-refractivity contribution in [2.45, 2.75) is 83.0 Å². The molecule has 8 nitrogen and oxygen atoms in total. The van der Waals surface area contributed by atoms with Crippen molar-refractivity contribution >= 4 is 17.8 Å². The first-order valence-corrected chi connectivity index (χ1v) is 11.8. The number of carbonyl (C=O) groups is 3. The zero-order valence-corrected chi connectivity index (χ0v) is 19.3. The number of ether oxygens (including phenoxy) is 1. The Kier molecular flexibility index (Phi) is 8.45. The van der Waals surface area contributed by atoms with Gasteiger partial charge in [0.25, 0.3) is 0 Å². The van der Waals surface area contributed by atoms with Gasteiger partial charge in [-0.3, -0.25) is 14.9 Å². The van der Waals surface area contributed by atoms with Crippen LogP contribution in [0, 0.1) is 17.2 Å². The third kappa shape index (κ3) is 5.91. The first-order valence-electron chi connectivity index (χ1n) is 11.8. The summed E-state index contributed by atoms with van der Waals surface area (Å²) in [6.07, 6.45) is 5.33. The predicted molar refractivity (Wildman–Crippen MR) is 121 cm³/mol. The molecule has 5 atom stereocenters. The Morgan fingerprint density at radius 2 is 1.94 bits per heavy atom. The molecule has 8 heteroatoms. The number of hydrogen-bond acceptors (Lipinski definition) is 6. The molecule has 0 spiro atoms. The number of carboxylic acids is 1. The van der Waals surface area contributed by atoms with Gasteiger partial charge in [0, 0.05) is 6.04 Å². The molecule has 2 unspecified atom stereocenters. The minimum absolute atomic E-state index is 0.0451. The van der Waals surface area contributed by atoms with Crippen molar-refractivity contribution in [2.75, 3.05) is 6.61 Å². The monoisotopic (exact) mass is 455 g/mol. The Morgan fingerprint density at radius 3 is 2.58 bits per heavy atom. The number of fused-ring (bicyclic) bond motifs is 1. The third-order valence-corrected chi connectivity index (χ3v) is 6.83. The first kappa shape index (κ1) is 24.7. The van der Waals surface area contributed by atoms with Crippen molar-refractivity contribution in [1.29, 1.82) is 5.26 Å². The predicted octanol–water partition coefficient (Wildman–Crippen LogP) is 2.64. The topological polar surface area (TPSA) is 120 Å². The van der Waals surface area contributed by atoms with Gasteiger partial charge < -0.3 is 14.7 Å². The Hall–Kier alpha value is -2.92. The molecular weight excluding hydrogens is 422 g/mol. The highest BCUT2D eigenvalue weighted by atomic mass is 16.5. The molecule has 0 aromatic heterocycles. The van der Waals surface area contributed by atoms with E-state index in [1.807, 2.05) is 12.1 Å². The number of likely N-dealkylation sites (tertiary alicyclic amines) is 1. The molecule has 1 aliphatic heterocycles. The van der Waals surface area contributed by atoms with Crippen molar-refractivity contribution in [3.05, 3.63) is 35.4 Å². The second kappa shape index (κ2) is 11.3. The van der Waals surface area contributed by atoms with Gasteiger partial charge in [0.05, 0.1) is 24.3 Å². The van der Waals surface area contributed by atoms with Crippen molar-refractivity contribution in [3.8, 4) is 6.07 Å². The highest BCUT2D eigenvalue weighted by molar-refractivity contribution is 5.88. The molecule has 1 amide bonds. The maximum absolute atomic E-state index is 13.4. The fourth-order valence-corrected chi connectivity index (χ4v) is 5.16. The maximum Gasteiger partial charge on any atom is 0.326 e. The molecule has 2 N–H and O–H groups in total. The van der Waals surface area contributed by atoms with Crippen LogP contribution in [0.3, 0.4) is 0 Å². The van der Waals surface area contributed by atoms with Gasteiger partial charge in [-0.1, -0.05) is 25.0 Å². The van der Waals surface area contributed by atoms with Gasteiger partial charge in [-0.2, -0.15) is 5.26 Å². The van der Waals surface area contributed by atoms with E-state index in [0.29, 0.717) is 24.8 Å². The zero-order chi connectivity index (χ0) is 24.0. The lowest BCUT2D eigenvalue weighted by atomic mass is 9.84. The second-order valence-corrected chi connectivity index (χ2v) is 8.99. The lowest BCUT2D eigenvalue weighted by Gasteiger charge is -2.35. The van der Waals surface area contributed by atoms with Gasteiger partial charge in [-0.25, -0.2) is 4.79 Å². The fraction of sp³-hybridized carbons (Fsp3) is 0.600. The molecule has 1 aliphatic carbocycles. The molecule has 3 rings (SSSR count). The Labute approximate surface area is 194 Å². The van der Waals surface area contributed by atoms with E-state index in [1.165, 1.54) is 0 Å². The SMILES string of the molecule is CCOC(=O)[C@H](CCc1ccc(C#N)cc1)N[C@@H](C)C(=O)N1C2CCCCC2C[C@H]1C(=O)O. The van der Waals surface area contributed by atoms with Gasteiger partial charge in [-0.15, -0.1) is 0 Å². The van der Waals surface area contributed by atoms with Gasteiger partial charge in [0.2, 0.25) is 5.91 Å². The van der Waals surface area contributed by atoms with Crippen LogP contribution < -0.4 is 5.32 Å². The van der Waals surface area contributed by atoms with Crippen molar-refractivity contribution in [2.24, 2.45) is 5.92 Å².